The Labute approximate surface area is 106 Å². The number of morpholine rings is 1. The summed E-state index contributed by atoms with van der Waals surface area (Å²) in [5.74, 6) is 2.36. The lowest BCUT2D eigenvalue weighted by Gasteiger charge is -2.29. The summed E-state index contributed by atoms with van der Waals surface area (Å²) in [5.41, 5.74) is 0.979. The number of nitrogens with zero attached hydrogens (tertiary/aromatic N) is 1. The standard InChI is InChI=1S/C14H16FNO2/c1-3-12-13(15)9-11(10-14(12)18-4-2)16-5-7-17-8-6-16/h1,9-10H,4-8H2,2H3. The fraction of sp³-hybridized carbons (Fsp3) is 0.429. The third kappa shape index (κ3) is 2.57. The first-order valence-corrected chi connectivity index (χ1v) is 6.02. The molecule has 0 N–H and O–H groups in total. The van der Waals surface area contributed by atoms with Crippen molar-refractivity contribution in [2.24, 2.45) is 0 Å². The minimum Gasteiger partial charge on any atom is -0.492 e. The molecule has 0 aliphatic carbocycles. The predicted octanol–water partition coefficient (Wildman–Crippen LogP) is 2.04. The lowest BCUT2D eigenvalue weighted by molar-refractivity contribution is 0.122. The molecule has 3 nitrogen and oxygen atoms in total. The topological polar surface area (TPSA) is 21.7 Å². The molecule has 0 atom stereocenters. The van der Waals surface area contributed by atoms with Crippen molar-refractivity contribution in [2.75, 3.05) is 37.8 Å². The Morgan fingerprint density at radius 3 is 2.78 bits per heavy atom. The quantitative estimate of drug-likeness (QED) is 0.765. The molecule has 1 aliphatic heterocycles. The van der Waals surface area contributed by atoms with Crippen LogP contribution in [-0.2, 0) is 4.74 Å². The molecular weight excluding hydrogens is 233 g/mol. The van der Waals surface area contributed by atoms with Crippen molar-refractivity contribution < 1.29 is 13.9 Å². The van der Waals surface area contributed by atoms with Crippen LogP contribution in [0, 0.1) is 18.2 Å². The Bertz CT molecular complexity index is 462. The molecule has 1 aromatic carbocycles. The summed E-state index contributed by atoms with van der Waals surface area (Å²) in [4.78, 5) is 2.06. The first-order valence-electron chi connectivity index (χ1n) is 6.02. The molecule has 0 saturated carbocycles. The molecule has 0 radical (unpaired) electrons. The number of anilines is 1. The van der Waals surface area contributed by atoms with Crippen molar-refractivity contribution in [3.8, 4) is 18.1 Å². The molecule has 18 heavy (non-hydrogen) atoms. The molecule has 0 spiro atoms. The van der Waals surface area contributed by atoms with Crippen molar-refractivity contribution in [3.63, 3.8) is 0 Å². The third-order valence-corrected chi connectivity index (χ3v) is 2.86. The third-order valence-electron chi connectivity index (χ3n) is 2.86. The smallest absolute Gasteiger partial charge is 0.144 e. The van der Waals surface area contributed by atoms with Crippen molar-refractivity contribution >= 4 is 5.69 Å². The Morgan fingerprint density at radius 2 is 2.17 bits per heavy atom. The first kappa shape index (κ1) is 12.7. The molecule has 1 aliphatic rings. The van der Waals surface area contributed by atoms with Crippen LogP contribution in [0.15, 0.2) is 12.1 Å². The zero-order chi connectivity index (χ0) is 13.0. The summed E-state index contributed by atoms with van der Waals surface area (Å²) in [6, 6.07) is 3.26. The highest BCUT2D eigenvalue weighted by molar-refractivity contribution is 5.58. The van der Waals surface area contributed by atoms with Gasteiger partial charge in [0.25, 0.3) is 0 Å². The molecule has 0 amide bonds. The Kier molecular flexibility index (Phi) is 4.06. The van der Waals surface area contributed by atoms with E-state index in [4.69, 9.17) is 15.9 Å². The van der Waals surface area contributed by atoms with Crippen molar-refractivity contribution in [1.82, 2.24) is 0 Å². The fourth-order valence-electron chi connectivity index (χ4n) is 1.98. The SMILES string of the molecule is C#Cc1c(F)cc(N2CCOCC2)cc1OCC. The van der Waals surface area contributed by atoms with Gasteiger partial charge >= 0.3 is 0 Å². The highest BCUT2D eigenvalue weighted by Gasteiger charge is 2.16. The van der Waals surface area contributed by atoms with Crippen molar-refractivity contribution in [1.29, 1.82) is 0 Å². The second-order valence-electron chi connectivity index (χ2n) is 3.98. The lowest BCUT2D eigenvalue weighted by atomic mass is 10.1. The fourth-order valence-corrected chi connectivity index (χ4v) is 1.98. The molecular formula is C14H16FNO2. The van der Waals surface area contributed by atoms with Crippen molar-refractivity contribution in [3.05, 3.63) is 23.5 Å². The summed E-state index contributed by atoms with van der Waals surface area (Å²) in [6.45, 7) is 5.12. The van der Waals surface area contributed by atoms with E-state index in [1.807, 2.05) is 6.92 Å². The summed E-state index contributed by atoms with van der Waals surface area (Å²) in [6.07, 6.45) is 5.31. The molecule has 0 aromatic heterocycles. The summed E-state index contributed by atoms with van der Waals surface area (Å²) in [7, 11) is 0. The summed E-state index contributed by atoms with van der Waals surface area (Å²) >= 11 is 0. The number of rotatable bonds is 3. The zero-order valence-corrected chi connectivity index (χ0v) is 10.4. The number of hydrogen-bond donors (Lipinski definition) is 0. The van der Waals surface area contributed by atoms with Gasteiger partial charge < -0.3 is 14.4 Å². The number of benzene rings is 1. The van der Waals surface area contributed by atoms with Crippen molar-refractivity contribution in [2.45, 2.75) is 6.92 Å². The van der Waals surface area contributed by atoms with Gasteiger partial charge in [-0.05, 0) is 13.0 Å². The minimum absolute atomic E-state index is 0.189. The van der Waals surface area contributed by atoms with E-state index in [9.17, 15) is 4.39 Å². The van der Waals surface area contributed by atoms with Gasteiger partial charge in [0.15, 0.2) is 0 Å². The van der Waals surface area contributed by atoms with E-state index in [1.54, 1.807) is 6.07 Å². The number of halogens is 1. The van der Waals surface area contributed by atoms with E-state index in [2.05, 4.69) is 10.8 Å². The first-order chi connectivity index (χ1) is 8.76. The van der Waals surface area contributed by atoms with Crippen LogP contribution in [-0.4, -0.2) is 32.9 Å². The Morgan fingerprint density at radius 1 is 1.44 bits per heavy atom. The normalized spacial score (nSPS) is 15.3. The van der Waals surface area contributed by atoms with Gasteiger partial charge in [0.05, 0.1) is 19.8 Å². The van der Waals surface area contributed by atoms with Crippen LogP contribution >= 0.6 is 0 Å². The zero-order valence-electron chi connectivity index (χ0n) is 10.4. The van der Waals surface area contributed by atoms with Gasteiger partial charge in [-0.15, -0.1) is 6.42 Å². The average Bonchev–Trinajstić information content (AvgIpc) is 2.40. The van der Waals surface area contributed by atoms with Crippen LogP contribution in [0.4, 0.5) is 10.1 Å². The van der Waals surface area contributed by atoms with Gasteiger partial charge in [-0.25, -0.2) is 4.39 Å². The summed E-state index contributed by atoms with van der Waals surface area (Å²) in [5, 5.41) is 0. The molecule has 1 saturated heterocycles. The summed E-state index contributed by atoms with van der Waals surface area (Å²) < 4.78 is 24.6. The Balaban J connectivity index is 2.34. The minimum atomic E-state index is -0.412. The maximum Gasteiger partial charge on any atom is 0.144 e. The predicted molar refractivity (Wildman–Crippen MR) is 68.5 cm³/mol. The molecule has 0 bridgehead atoms. The molecule has 1 aromatic rings. The van der Waals surface area contributed by atoms with E-state index < -0.39 is 5.82 Å². The Hall–Kier alpha value is -1.73. The molecule has 2 rings (SSSR count). The molecule has 0 unspecified atom stereocenters. The van der Waals surface area contributed by atoms with Gasteiger partial charge in [-0.1, -0.05) is 5.92 Å². The van der Waals surface area contributed by atoms with E-state index in [0.29, 0.717) is 25.6 Å². The van der Waals surface area contributed by atoms with Crippen LogP contribution in [0.1, 0.15) is 12.5 Å². The maximum absolute atomic E-state index is 13.9. The monoisotopic (exact) mass is 249 g/mol. The van der Waals surface area contributed by atoms with E-state index >= 15 is 0 Å². The molecule has 1 fully saturated rings. The number of hydrogen-bond acceptors (Lipinski definition) is 3. The second kappa shape index (κ2) is 5.74. The highest BCUT2D eigenvalue weighted by Crippen LogP contribution is 2.28. The van der Waals surface area contributed by atoms with Crippen LogP contribution in [0.2, 0.25) is 0 Å². The van der Waals surface area contributed by atoms with E-state index in [-0.39, 0.29) is 5.56 Å². The number of ether oxygens (including phenoxy) is 2. The maximum atomic E-state index is 13.9. The van der Waals surface area contributed by atoms with Gasteiger partial charge in [0, 0.05) is 24.8 Å². The van der Waals surface area contributed by atoms with Crippen LogP contribution in [0.3, 0.4) is 0 Å². The van der Waals surface area contributed by atoms with Gasteiger partial charge in [0.2, 0.25) is 0 Å². The molecule has 96 valence electrons. The largest absolute Gasteiger partial charge is 0.492 e. The molecule has 4 heteroatoms. The van der Waals surface area contributed by atoms with Gasteiger partial charge in [-0.3, -0.25) is 0 Å². The van der Waals surface area contributed by atoms with Crippen LogP contribution in [0.5, 0.6) is 5.75 Å². The van der Waals surface area contributed by atoms with Crippen LogP contribution < -0.4 is 9.64 Å². The van der Waals surface area contributed by atoms with E-state index in [1.165, 1.54) is 6.07 Å². The van der Waals surface area contributed by atoms with Gasteiger partial charge in [-0.2, -0.15) is 0 Å². The highest BCUT2D eigenvalue weighted by atomic mass is 19.1. The number of terminal acetylenes is 1. The second-order valence-corrected chi connectivity index (χ2v) is 3.98. The van der Waals surface area contributed by atoms with Crippen LogP contribution in [0.25, 0.3) is 0 Å². The van der Waals surface area contributed by atoms with E-state index in [0.717, 1.165) is 18.8 Å². The van der Waals surface area contributed by atoms with Gasteiger partial charge in [0.1, 0.15) is 17.1 Å². The lowest BCUT2D eigenvalue weighted by Crippen LogP contribution is -2.36. The average molecular weight is 249 g/mol. The molecule has 1 heterocycles.